The van der Waals surface area contributed by atoms with Gasteiger partial charge >= 0.3 is 0 Å². The molecule has 10 heteroatoms. The Kier molecular flexibility index (Phi) is 5.41. The van der Waals surface area contributed by atoms with Gasteiger partial charge in [-0.3, -0.25) is 4.79 Å². The number of carbonyl (C=O) groups is 1. The molecule has 2 saturated heterocycles. The molecule has 0 radical (unpaired) electrons. The number of hydrogen-bond acceptors (Lipinski definition) is 7. The number of anilines is 2. The summed E-state index contributed by atoms with van der Waals surface area (Å²) in [6.07, 6.45) is 2.65. The van der Waals surface area contributed by atoms with Gasteiger partial charge in [-0.15, -0.1) is 11.3 Å². The number of nitrogens with zero attached hydrogens (tertiary/aromatic N) is 3. The number of carbonyl (C=O) groups excluding carboxylic acids is 1. The lowest BCUT2D eigenvalue weighted by Gasteiger charge is -2.47. The van der Waals surface area contributed by atoms with E-state index in [9.17, 15) is 13.6 Å². The Bertz CT molecular complexity index is 1290. The Morgan fingerprint density at radius 2 is 2.09 bits per heavy atom. The maximum absolute atomic E-state index is 14.5. The van der Waals surface area contributed by atoms with Crippen LogP contribution in [-0.2, 0) is 12.8 Å². The monoisotopic (exact) mass is 498 g/mol. The first-order valence-corrected chi connectivity index (χ1v) is 12.9. The molecule has 0 aromatic carbocycles. The minimum Gasteiger partial charge on any atom is -0.397 e. The van der Waals surface area contributed by atoms with Crippen molar-refractivity contribution in [2.75, 3.05) is 30.3 Å². The van der Waals surface area contributed by atoms with Crippen LogP contribution in [0.3, 0.4) is 0 Å². The third-order valence-electron chi connectivity index (χ3n) is 7.58. The van der Waals surface area contributed by atoms with E-state index in [0.717, 1.165) is 45.8 Å². The zero-order chi connectivity index (χ0) is 24.3. The quantitative estimate of drug-likeness (QED) is 0.513. The summed E-state index contributed by atoms with van der Waals surface area (Å²) in [6, 6.07) is 6.93. The molecule has 3 aromatic rings. The highest BCUT2D eigenvalue weighted by atomic mass is 32.1. The lowest BCUT2D eigenvalue weighted by molar-refractivity contribution is -0.115. The predicted molar refractivity (Wildman–Crippen MR) is 133 cm³/mol. The summed E-state index contributed by atoms with van der Waals surface area (Å²) >= 11 is 1.32. The van der Waals surface area contributed by atoms with Crippen molar-refractivity contribution in [3.8, 4) is 0 Å². The zero-order valence-corrected chi connectivity index (χ0v) is 20.3. The number of alkyl halides is 2. The Morgan fingerprint density at radius 1 is 1.23 bits per heavy atom. The number of nitrogens with two attached hydrogens (primary N) is 1. The molecule has 3 aromatic heterocycles. The van der Waals surface area contributed by atoms with E-state index in [1.807, 2.05) is 36.1 Å². The molecule has 3 aliphatic rings. The first-order chi connectivity index (χ1) is 16.8. The smallest absolute Gasteiger partial charge is 0.269 e. The van der Waals surface area contributed by atoms with Gasteiger partial charge in [0.05, 0.1) is 11.7 Å². The number of amides is 1. The Hall–Kier alpha value is -2.85. The topological polar surface area (TPSA) is 96.2 Å². The number of thiophene rings is 1. The van der Waals surface area contributed by atoms with Crippen molar-refractivity contribution in [3.63, 3.8) is 0 Å². The summed E-state index contributed by atoms with van der Waals surface area (Å²) < 4.78 is 29.0. The molecule has 3 atom stereocenters. The molecule has 2 aliphatic heterocycles. The number of rotatable bonds is 3. The fourth-order valence-corrected chi connectivity index (χ4v) is 6.64. The molecule has 0 spiro atoms. The van der Waals surface area contributed by atoms with E-state index in [2.05, 4.69) is 15.6 Å². The van der Waals surface area contributed by atoms with Gasteiger partial charge in [0.15, 0.2) is 0 Å². The van der Waals surface area contributed by atoms with Crippen LogP contribution < -0.4 is 21.3 Å². The molecule has 1 amide bonds. The van der Waals surface area contributed by atoms with Crippen molar-refractivity contribution >= 4 is 39.0 Å². The molecule has 2 fully saturated rings. The normalized spacial score (nSPS) is 25.3. The third-order valence-corrected chi connectivity index (χ3v) is 8.70. The Balaban J connectivity index is 1.15. The Morgan fingerprint density at radius 3 is 2.91 bits per heavy atom. The van der Waals surface area contributed by atoms with E-state index >= 15 is 0 Å². The van der Waals surface area contributed by atoms with Crippen LogP contribution >= 0.6 is 11.3 Å². The number of pyridine rings is 2. The van der Waals surface area contributed by atoms with E-state index in [1.165, 1.54) is 11.3 Å². The summed E-state index contributed by atoms with van der Waals surface area (Å²) in [5.41, 5.74) is 9.70. The fraction of sp³-hybridized carbons (Fsp3) is 0.480. The second-order valence-electron chi connectivity index (χ2n) is 9.91. The van der Waals surface area contributed by atoms with Crippen molar-refractivity contribution in [1.29, 1.82) is 0 Å². The minimum atomic E-state index is -2.67. The second-order valence-corrected chi connectivity index (χ2v) is 10.9. The van der Waals surface area contributed by atoms with Crippen LogP contribution in [0, 0.1) is 12.8 Å². The van der Waals surface area contributed by atoms with Gasteiger partial charge in [0.2, 0.25) is 0 Å². The molecule has 1 aliphatic carbocycles. The molecule has 0 unspecified atom stereocenters. The van der Waals surface area contributed by atoms with Crippen LogP contribution in [-0.4, -0.2) is 53.5 Å². The van der Waals surface area contributed by atoms with Gasteiger partial charge in [0.25, 0.3) is 11.8 Å². The summed E-state index contributed by atoms with van der Waals surface area (Å²) in [6.45, 7) is 3.16. The highest BCUT2D eigenvalue weighted by Gasteiger charge is 2.53. The van der Waals surface area contributed by atoms with E-state index in [1.54, 1.807) is 0 Å². The average molecular weight is 499 g/mol. The molecule has 35 heavy (non-hydrogen) atoms. The van der Waals surface area contributed by atoms with Crippen LogP contribution in [0.5, 0.6) is 0 Å². The highest BCUT2D eigenvalue weighted by Crippen LogP contribution is 2.40. The van der Waals surface area contributed by atoms with E-state index in [0.29, 0.717) is 36.5 Å². The largest absolute Gasteiger partial charge is 0.397 e. The number of fused-ring (bicyclic) bond motifs is 4. The lowest BCUT2D eigenvalue weighted by atomic mass is 9.84. The summed E-state index contributed by atoms with van der Waals surface area (Å²) in [5.74, 6) is -2.71. The molecule has 7 nitrogen and oxygen atoms in total. The lowest BCUT2D eigenvalue weighted by Crippen LogP contribution is -2.66. The number of nitrogen functional groups attached to an aromatic ring is 1. The van der Waals surface area contributed by atoms with Crippen LogP contribution in [0.4, 0.5) is 20.3 Å². The second kappa shape index (κ2) is 8.37. The van der Waals surface area contributed by atoms with Crippen molar-refractivity contribution < 1.29 is 13.6 Å². The van der Waals surface area contributed by atoms with Gasteiger partial charge in [-0.1, -0.05) is 6.07 Å². The fourth-order valence-electron chi connectivity index (χ4n) is 5.60. The van der Waals surface area contributed by atoms with Crippen molar-refractivity contribution in [1.82, 2.24) is 20.6 Å². The van der Waals surface area contributed by atoms with Gasteiger partial charge < -0.3 is 21.3 Å². The van der Waals surface area contributed by atoms with Crippen LogP contribution in [0.1, 0.15) is 39.5 Å². The van der Waals surface area contributed by atoms with Crippen LogP contribution in [0.25, 0.3) is 10.2 Å². The Labute approximate surface area is 206 Å². The summed E-state index contributed by atoms with van der Waals surface area (Å²) in [7, 11) is 0. The number of piperidine rings is 2. The van der Waals surface area contributed by atoms with Crippen molar-refractivity contribution in [2.24, 2.45) is 5.92 Å². The maximum Gasteiger partial charge on any atom is 0.269 e. The summed E-state index contributed by atoms with van der Waals surface area (Å²) in [5, 5.41) is 6.94. The summed E-state index contributed by atoms with van der Waals surface area (Å²) in [4.78, 5) is 25.6. The number of aromatic nitrogens is 2. The van der Waals surface area contributed by atoms with E-state index < -0.39 is 17.9 Å². The molecule has 4 N–H and O–H groups in total. The van der Waals surface area contributed by atoms with Gasteiger partial charge in [-0.2, -0.15) is 0 Å². The SMILES string of the molecule is Cc1ccc2c(N)c(C(=O)N[C@H]3CCc4nc(N5C[C@@H]6CCN[C@@H](C5)C6(F)F)ccc4C3)sc2n1. The van der Waals surface area contributed by atoms with Gasteiger partial charge in [-0.25, -0.2) is 18.7 Å². The third kappa shape index (κ3) is 3.92. The molecule has 2 bridgehead atoms. The first kappa shape index (κ1) is 22.6. The van der Waals surface area contributed by atoms with Gasteiger partial charge in [0, 0.05) is 41.8 Å². The molecule has 5 heterocycles. The van der Waals surface area contributed by atoms with Crippen molar-refractivity contribution in [2.45, 2.75) is 50.6 Å². The van der Waals surface area contributed by atoms with Crippen LogP contribution in [0.2, 0.25) is 0 Å². The predicted octanol–water partition coefficient (Wildman–Crippen LogP) is 3.30. The van der Waals surface area contributed by atoms with E-state index in [4.69, 9.17) is 10.7 Å². The average Bonchev–Trinajstić information content (AvgIpc) is 3.13. The molecular formula is C25H28F2N6OS. The van der Waals surface area contributed by atoms with Gasteiger partial charge in [0.1, 0.15) is 15.5 Å². The minimum absolute atomic E-state index is 0.0146. The number of nitrogens with one attached hydrogen (secondary N) is 2. The van der Waals surface area contributed by atoms with Crippen molar-refractivity contribution in [3.05, 3.63) is 46.1 Å². The van der Waals surface area contributed by atoms with Gasteiger partial charge in [-0.05, 0) is 62.9 Å². The first-order valence-electron chi connectivity index (χ1n) is 12.1. The maximum atomic E-state index is 14.5. The molecule has 184 valence electrons. The van der Waals surface area contributed by atoms with E-state index in [-0.39, 0.29) is 18.5 Å². The molecule has 0 saturated carbocycles. The number of halogens is 2. The van der Waals surface area contributed by atoms with Crippen LogP contribution in [0.15, 0.2) is 24.3 Å². The molecular weight excluding hydrogens is 470 g/mol. The number of hydrogen-bond donors (Lipinski definition) is 3. The standard InChI is InChI=1S/C25H28F2N6OS/c1-13-2-5-17-21(28)22(35-24(17)30-13)23(34)31-16-4-6-18-14(10-16)3-7-20(32-18)33-11-15-8-9-29-19(12-33)25(15,26)27/h2-3,5,7,15-16,19,29H,4,6,8-12,28H2,1H3,(H,31,34)/t15-,16-,19-/m0/s1. The highest BCUT2D eigenvalue weighted by molar-refractivity contribution is 7.21. The zero-order valence-electron chi connectivity index (χ0n) is 19.5. The number of aryl methyl sites for hydroxylation is 2. The molecule has 6 rings (SSSR count).